The lowest BCUT2D eigenvalue weighted by Gasteiger charge is -2.32. The van der Waals surface area contributed by atoms with E-state index in [4.69, 9.17) is 12.2 Å². The molecule has 2 aliphatic rings. The standard InChI is InChI=1S/C18H30N2O3/c1-2-6-14(19)18(23)20-15(11-12-7-4-3-5-8-12)17(22)16(21)13-9-10-13/h1,12-17,21-22H,3-11,19H2,(H,20,23)/t14?,15?,16-,17?/m0/s1. The molecule has 4 atom stereocenters. The predicted molar refractivity (Wildman–Crippen MR) is 89.3 cm³/mol. The number of carbonyl (C=O) groups is 1. The molecule has 23 heavy (non-hydrogen) atoms. The van der Waals surface area contributed by atoms with Crippen LogP contribution < -0.4 is 11.1 Å². The van der Waals surface area contributed by atoms with Crippen LogP contribution in [0.2, 0.25) is 0 Å². The predicted octanol–water partition coefficient (Wildman–Crippen LogP) is 0.924. The molecule has 0 bridgehead atoms. The number of amides is 1. The first-order valence-electron chi connectivity index (χ1n) is 8.88. The molecule has 0 aromatic rings. The van der Waals surface area contributed by atoms with Gasteiger partial charge in [0.25, 0.3) is 0 Å². The Morgan fingerprint density at radius 3 is 2.43 bits per heavy atom. The first-order valence-corrected chi connectivity index (χ1v) is 8.88. The van der Waals surface area contributed by atoms with Gasteiger partial charge >= 0.3 is 0 Å². The van der Waals surface area contributed by atoms with Crippen molar-refractivity contribution in [1.82, 2.24) is 5.32 Å². The summed E-state index contributed by atoms with van der Waals surface area (Å²) in [6, 6.07) is -1.22. The molecule has 130 valence electrons. The zero-order valence-electron chi connectivity index (χ0n) is 13.8. The van der Waals surface area contributed by atoms with Crippen LogP contribution in [0.5, 0.6) is 0 Å². The smallest absolute Gasteiger partial charge is 0.238 e. The van der Waals surface area contributed by atoms with Crippen LogP contribution >= 0.6 is 0 Å². The molecular weight excluding hydrogens is 292 g/mol. The Kier molecular flexibility index (Phi) is 6.88. The van der Waals surface area contributed by atoms with Gasteiger partial charge in [0, 0.05) is 6.42 Å². The Morgan fingerprint density at radius 2 is 1.87 bits per heavy atom. The molecule has 2 aliphatic carbocycles. The van der Waals surface area contributed by atoms with Gasteiger partial charge < -0.3 is 21.3 Å². The summed E-state index contributed by atoms with van der Waals surface area (Å²) in [5.74, 6) is 2.69. The molecule has 0 saturated heterocycles. The van der Waals surface area contributed by atoms with E-state index in [1.54, 1.807) is 0 Å². The van der Waals surface area contributed by atoms with Gasteiger partial charge in [-0.3, -0.25) is 4.79 Å². The highest BCUT2D eigenvalue weighted by Crippen LogP contribution is 2.36. The molecule has 5 nitrogen and oxygen atoms in total. The third-order valence-corrected chi connectivity index (χ3v) is 5.18. The molecule has 0 radical (unpaired) electrons. The van der Waals surface area contributed by atoms with Gasteiger partial charge in [-0.05, 0) is 31.1 Å². The van der Waals surface area contributed by atoms with E-state index in [-0.39, 0.29) is 18.2 Å². The average molecular weight is 322 g/mol. The highest BCUT2D eigenvalue weighted by molar-refractivity contribution is 5.82. The minimum Gasteiger partial charge on any atom is -0.390 e. The fourth-order valence-corrected chi connectivity index (χ4v) is 3.53. The number of hydrogen-bond acceptors (Lipinski definition) is 4. The van der Waals surface area contributed by atoms with Crippen LogP contribution in [0.25, 0.3) is 0 Å². The number of nitrogens with two attached hydrogens (primary N) is 1. The Hall–Kier alpha value is -1.09. The quantitative estimate of drug-likeness (QED) is 0.500. The molecule has 0 spiro atoms. The van der Waals surface area contributed by atoms with Gasteiger partial charge in [0.2, 0.25) is 5.91 Å². The van der Waals surface area contributed by atoms with E-state index in [9.17, 15) is 15.0 Å². The van der Waals surface area contributed by atoms with Crippen LogP contribution in [0, 0.1) is 24.2 Å². The fraction of sp³-hybridized carbons (Fsp3) is 0.833. The largest absolute Gasteiger partial charge is 0.390 e. The second kappa shape index (κ2) is 8.68. The van der Waals surface area contributed by atoms with Crippen molar-refractivity contribution in [2.75, 3.05) is 0 Å². The van der Waals surface area contributed by atoms with E-state index in [1.807, 2.05) is 0 Å². The Labute approximate surface area is 139 Å². The van der Waals surface area contributed by atoms with E-state index in [2.05, 4.69) is 11.2 Å². The topological polar surface area (TPSA) is 95.6 Å². The molecule has 2 saturated carbocycles. The summed E-state index contributed by atoms with van der Waals surface area (Å²) >= 11 is 0. The molecule has 5 heteroatoms. The number of terminal acetylenes is 1. The van der Waals surface area contributed by atoms with Crippen LogP contribution in [0.3, 0.4) is 0 Å². The second-order valence-corrected chi connectivity index (χ2v) is 7.19. The lowest BCUT2D eigenvalue weighted by molar-refractivity contribution is -0.125. The van der Waals surface area contributed by atoms with Gasteiger partial charge in [0.1, 0.15) is 6.10 Å². The van der Waals surface area contributed by atoms with Crippen LogP contribution in [-0.2, 0) is 4.79 Å². The Bertz CT molecular complexity index is 424. The Morgan fingerprint density at radius 1 is 1.22 bits per heavy atom. The van der Waals surface area contributed by atoms with Crippen molar-refractivity contribution in [3.05, 3.63) is 0 Å². The first kappa shape index (κ1) is 18.3. The van der Waals surface area contributed by atoms with E-state index in [0.717, 1.165) is 25.7 Å². The highest BCUT2D eigenvalue weighted by Gasteiger charge is 2.39. The minimum atomic E-state index is -0.939. The average Bonchev–Trinajstić information content (AvgIpc) is 3.39. The normalized spacial score (nSPS) is 24.3. The second-order valence-electron chi connectivity index (χ2n) is 7.19. The van der Waals surface area contributed by atoms with Gasteiger partial charge in [-0.25, -0.2) is 0 Å². The number of rotatable bonds is 8. The van der Waals surface area contributed by atoms with Crippen molar-refractivity contribution < 1.29 is 15.0 Å². The molecular formula is C18H30N2O3. The minimum absolute atomic E-state index is 0.162. The summed E-state index contributed by atoms with van der Waals surface area (Å²) < 4.78 is 0. The summed E-state index contributed by atoms with van der Waals surface area (Å²) in [6.45, 7) is 0. The number of hydrogen-bond donors (Lipinski definition) is 4. The molecule has 0 aromatic heterocycles. The highest BCUT2D eigenvalue weighted by atomic mass is 16.3. The lowest BCUT2D eigenvalue weighted by atomic mass is 9.82. The van der Waals surface area contributed by atoms with E-state index in [1.165, 1.54) is 19.3 Å². The van der Waals surface area contributed by atoms with Crippen molar-refractivity contribution >= 4 is 5.91 Å². The van der Waals surface area contributed by atoms with Crippen molar-refractivity contribution in [2.24, 2.45) is 17.6 Å². The van der Waals surface area contributed by atoms with E-state index in [0.29, 0.717) is 12.3 Å². The molecule has 2 rings (SSSR count). The zero-order valence-corrected chi connectivity index (χ0v) is 13.8. The lowest BCUT2D eigenvalue weighted by Crippen LogP contribution is -2.53. The molecule has 1 amide bonds. The maximum atomic E-state index is 12.2. The molecule has 0 heterocycles. The van der Waals surface area contributed by atoms with Gasteiger partial charge in [-0.2, -0.15) is 0 Å². The maximum Gasteiger partial charge on any atom is 0.238 e. The zero-order chi connectivity index (χ0) is 16.8. The summed E-state index contributed by atoms with van der Waals surface area (Å²) in [4.78, 5) is 12.2. The Balaban J connectivity index is 1.97. The molecule has 5 N–H and O–H groups in total. The molecule has 0 aromatic carbocycles. The van der Waals surface area contributed by atoms with Crippen molar-refractivity contribution in [1.29, 1.82) is 0 Å². The van der Waals surface area contributed by atoms with Gasteiger partial charge in [0.15, 0.2) is 0 Å². The summed E-state index contributed by atoms with van der Waals surface area (Å²) in [6.07, 6.45) is 12.1. The van der Waals surface area contributed by atoms with Gasteiger partial charge in [-0.15, -0.1) is 12.3 Å². The monoisotopic (exact) mass is 322 g/mol. The molecule has 0 aliphatic heterocycles. The number of nitrogens with one attached hydrogen (secondary N) is 1. The summed E-state index contributed by atoms with van der Waals surface area (Å²) in [5, 5.41) is 23.6. The van der Waals surface area contributed by atoms with Crippen molar-refractivity contribution in [3.8, 4) is 12.3 Å². The van der Waals surface area contributed by atoms with Gasteiger partial charge in [-0.1, -0.05) is 32.1 Å². The number of aliphatic hydroxyl groups is 2. The van der Waals surface area contributed by atoms with Crippen molar-refractivity contribution in [2.45, 2.75) is 82.1 Å². The van der Waals surface area contributed by atoms with Crippen LogP contribution in [0.4, 0.5) is 0 Å². The third kappa shape index (κ3) is 5.49. The third-order valence-electron chi connectivity index (χ3n) is 5.18. The van der Waals surface area contributed by atoms with Crippen LogP contribution in [0.1, 0.15) is 57.8 Å². The molecule has 2 fully saturated rings. The maximum absolute atomic E-state index is 12.2. The SMILES string of the molecule is C#CCC(N)C(=O)NC(CC1CCCCC1)C(O)[C@@H](O)C1CC1. The van der Waals surface area contributed by atoms with Crippen molar-refractivity contribution in [3.63, 3.8) is 0 Å². The van der Waals surface area contributed by atoms with E-state index >= 15 is 0 Å². The summed E-state index contributed by atoms with van der Waals surface area (Å²) in [5.41, 5.74) is 5.76. The fourth-order valence-electron chi connectivity index (χ4n) is 3.53. The first-order chi connectivity index (χ1) is 11.0. The van der Waals surface area contributed by atoms with E-state index < -0.39 is 24.3 Å². The van der Waals surface area contributed by atoms with Crippen LogP contribution in [-0.4, -0.2) is 40.4 Å². The number of aliphatic hydroxyl groups excluding tert-OH is 2. The number of carbonyl (C=O) groups excluding carboxylic acids is 1. The van der Waals surface area contributed by atoms with Crippen LogP contribution in [0.15, 0.2) is 0 Å². The van der Waals surface area contributed by atoms with Gasteiger partial charge in [0.05, 0.1) is 18.2 Å². The summed E-state index contributed by atoms with van der Waals surface area (Å²) in [7, 11) is 0. The molecule has 3 unspecified atom stereocenters.